The molecule has 0 atom stereocenters. The minimum absolute atomic E-state index is 0.129. The van der Waals surface area contributed by atoms with Gasteiger partial charge >= 0.3 is 0 Å². The molecule has 26 heavy (non-hydrogen) atoms. The molecule has 4 rings (SSSR count). The van der Waals surface area contributed by atoms with Crippen molar-refractivity contribution in [3.8, 4) is 0 Å². The number of carbonyl (C=O) groups is 1. The second-order valence-electron chi connectivity index (χ2n) is 6.72. The molecule has 3 aromatic rings. The Kier molecular flexibility index (Phi) is 4.91. The molecule has 1 aliphatic heterocycles. The molecule has 3 aromatic carbocycles. The highest BCUT2D eigenvalue weighted by molar-refractivity contribution is 6.30. The number of piperazine rings is 1. The third kappa shape index (κ3) is 3.59. The van der Waals surface area contributed by atoms with Crippen LogP contribution in [0.3, 0.4) is 0 Å². The fraction of sp³-hybridized carbons (Fsp3) is 0.227. The van der Waals surface area contributed by atoms with E-state index in [1.54, 1.807) is 0 Å². The van der Waals surface area contributed by atoms with Crippen molar-refractivity contribution < 1.29 is 4.79 Å². The number of fused-ring (bicyclic) bond motifs is 1. The number of carbonyl (C=O) groups excluding carboxylic acids is 1. The summed E-state index contributed by atoms with van der Waals surface area (Å²) in [6.07, 6.45) is 0. The molecule has 0 bridgehead atoms. The summed E-state index contributed by atoms with van der Waals surface area (Å²) in [7, 11) is 0. The molecule has 1 amide bonds. The number of hydrogen-bond donors (Lipinski definition) is 0. The van der Waals surface area contributed by atoms with Gasteiger partial charge in [0, 0.05) is 43.3 Å². The van der Waals surface area contributed by atoms with Gasteiger partial charge in [0.25, 0.3) is 5.91 Å². The van der Waals surface area contributed by atoms with Crippen LogP contribution >= 0.6 is 11.6 Å². The molecular weight excluding hydrogens is 344 g/mol. The number of rotatable bonds is 3. The SMILES string of the molecule is O=C(c1cccc2ccccc12)N1CCN(Cc2cccc(Cl)c2)CC1. The lowest BCUT2D eigenvalue weighted by molar-refractivity contribution is 0.0630. The predicted molar refractivity (Wildman–Crippen MR) is 107 cm³/mol. The Hall–Kier alpha value is -2.36. The third-order valence-corrected chi connectivity index (χ3v) is 5.21. The van der Waals surface area contributed by atoms with Crippen LogP contribution in [0.1, 0.15) is 15.9 Å². The summed E-state index contributed by atoms with van der Waals surface area (Å²) < 4.78 is 0. The summed E-state index contributed by atoms with van der Waals surface area (Å²) in [4.78, 5) is 17.4. The van der Waals surface area contributed by atoms with E-state index in [2.05, 4.69) is 23.1 Å². The summed E-state index contributed by atoms with van der Waals surface area (Å²) in [6, 6.07) is 22.0. The fourth-order valence-electron chi connectivity index (χ4n) is 3.58. The van der Waals surface area contributed by atoms with E-state index in [0.29, 0.717) is 0 Å². The molecule has 1 fully saturated rings. The van der Waals surface area contributed by atoms with Crippen molar-refractivity contribution >= 4 is 28.3 Å². The van der Waals surface area contributed by atoms with Crippen molar-refractivity contribution in [2.45, 2.75) is 6.54 Å². The first-order valence-electron chi connectivity index (χ1n) is 8.94. The number of amides is 1. The van der Waals surface area contributed by atoms with E-state index >= 15 is 0 Å². The molecule has 0 aliphatic carbocycles. The lowest BCUT2D eigenvalue weighted by Gasteiger charge is -2.35. The van der Waals surface area contributed by atoms with Crippen molar-refractivity contribution in [2.75, 3.05) is 26.2 Å². The molecule has 0 aromatic heterocycles. The molecule has 0 saturated carbocycles. The van der Waals surface area contributed by atoms with Crippen LogP contribution in [0.25, 0.3) is 10.8 Å². The maximum absolute atomic E-state index is 13.0. The van der Waals surface area contributed by atoms with Gasteiger partial charge in [-0.2, -0.15) is 0 Å². The first kappa shape index (κ1) is 17.1. The van der Waals surface area contributed by atoms with E-state index < -0.39 is 0 Å². The average molecular weight is 365 g/mol. The van der Waals surface area contributed by atoms with Crippen LogP contribution in [0.2, 0.25) is 5.02 Å². The molecule has 4 heteroatoms. The van der Waals surface area contributed by atoms with E-state index in [0.717, 1.165) is 54.1 Å². The Morgan fingerprint density at radius 1 is 0.885 bits per heavy atom. The minimum atomic E-state index is 0.129. The van der Waals surface area contributed by atoms with Gasteiger partial charge in [-0.3, -0.25) is 9.69 Å². The number of hydrogen-bond acceptors (Lipinski definition) is 2. The number of halogens is 1. The average Bonchev–Trinajstić information content (AvgIpc) is 2.68. The van der Waals surface area contributed by atoms with Crippen LogP contribution in [-0.2, 0) is 6.54 Å². The molecule has 1 saturated heterocycles. The zero-order valence-electron chi connectivity index (χ0n) is 14.6. The maximum Gasteiger partial charge on any atom is 0.254 e. The molecule has 3 nitrogen and oxygen atoms in total. The van der Waals surface area contributed by atoms with Gasteiger partial charge in [0.05, 0.1) is 0 Å². The summed E-state index contributed by atoms with van der Waals surface area (Å²) in [5.41, 5.74) is 2.01. The van der Waals surface area contributed by atoms with Gasteiger partial charge in [0.15, 0.2) is 0 Å². The van der Waals surface area contributed by atoms with Crippen molar-refractivity contribution in [1.29, 1.82) is 0 Å². The van der Waals surface area contributed by atoms with E-state index in [1.165, 1.54) is 5.56 Å². The van der Waals surface area contributed by atoms with Gasteiger partial charge in [0.1, 0.15) is 0 Å². The summed E-state index contributed by atoms with van der Waals surface area (Å²) >= 11 is 6.07. The molecule has 1 aliphatic rings. The van der Waals surface area contributed by atoms with Crippen LogP contribution < -0.4 is 0 Å². The highest BCUT2D eigenvalue weighted by Gasteiger charge is 2.23. The van der Waals surface area contributed by atoms with Crippen LogP contribution in [0.4, 0.5) is 0 Å². The zero-order valence-corrected chi connectivity index (χ0v) is 15.3. The third-order valence-electron chi connectivity index (χ3n) is 4.97. The molecule has 1 heterocycles. The molecule has 0 N–H and O–H groups in total. The Bertz CT molecular complexity index is 927. The van der Waals surface area contributed by atoms with Gasteiger partial charge in [-0.1, -0.05) is 60.1 Å². The number of nitrogens with zero attached hydrogens (tertiary/aromatic N) is 2. The Labute approximate surface area is 158 Å². The highest BCUT2D eigenvalue weighted by atomic mass is 35.5. The van der Waals surface area contributed by atoms with Crippen LogP contribution in [-0.4, -0.2) is 41.9 Å². The standard InChI is InChI=1S/C22H21ClN2O/c23-19-8-3-5-17(15-19)16-24-11-13-25(14-12-24)22(26)21-10-4-7-18-6-1-2-9-20(18)21/h1-10,15H,11-14,16H2. The zero-order chi connectivity index (χ0) is 17.9. The summed E-state index contributed by atoms with van der Waals surface area (Å²) in [5, 5.41) is 2.91. The van der Waals surface area contributed by atoms with E-state index in [4.69, 9.17) is 11.6 Å². The Balaban J connectivity index is 1.43. The quantitative estimate of drug-likeness (QED) is 0.685. The first-order valence-corrected chi connectivity index (χ1v) is 9.32. The monoisotopic (exact) mass is 364 g/mol. The number of benzene rings is 3. The van der Waals surface area contributed by atoms with E-state index in [-0.39, 0.29) is 5.91 Å². The Morgan fingerprint density at radius 3 is 2.42 bits per heavy atom. The van der Waals surface area contributed by atoms with Crippen LogP contribution in [0.15, 0.2) is 66.7 Å². The smallest absolute Gasteiger partial charge is 0.254 e. The fourth-order valence-corrected chi connectivity index (χ4v) is 3.80. The van der Waals surface area contributed by atoms with Gasteiger partial charge in [0.2, 0.25) is 0 Å². The topological polar surface area (TPSA) is 23.6 Å². The van der Waals surface area contributed by atoms with E-state index in [9.17, 15) is 4.79 Å². The van der Waals surface area contributed by atoms with Crippen molar-refractivity contribution in [2.24, 2.45) is 0 Å². The van der Waals surface area contributed by atoms with Gasteiger partial charge < -0.3 is 4.90 Å². The van der Waals surface area contributed by atoms with Crippen LogP contribution in [0, 0.1) is 0 Å². The van der Waals surface area contributed by atoms with Crippen molar-refractivity contribution in [3.63, 3.8) is 0 Å². The maximum atomic E-state index is 13.0. The van der Waals surface area contributed by atoms with Crippen LogP contribution in [0.5, 0.6) is 0 Å². The van der Waals surface area contributed by atoms with Crippen molar-refractivity contribution in [1.82, 2.24) is 9.80 Å². The normalized spacial score (nSPS) is 15.3. The molecular formula is C22H21ClN2O. The lowest BCUT2D eigenvalue weighted by Crippen LogP contribution is -2.48. The van der Waals surface area contributed by atoms with Gasteiger partial charge in [-0.05, 0) is 34.5 Å². The van der Waals surface area contributed by atoms with E-state index in [1.807, 2.05) is 53.4 Å². The molecule has 0 unspecified atom stereocenters. The highest BCUT2D eigenvalue weighted by Crippen LogP contribution is 2.21. The molecule has 0 radical (unpaired) electrons. The summed E-state index contributed by atoms with van der Waals surface area (Å²) in [5.74, 6) is 0.129. The van der Waals surface area contributed by atoms with Gasteiger partial charge in [-0.15, -0.1) is 0 Å². The predicted octanol–water partition coefficient (Wildman–Crippen LogP) is 4.45. The first-order chi connectivity index (χ1) is 12.7. The second-order valence-corrected chi connectivity index (χ2v) is 7.16. The van der Waals surface area contributed by atoms with Gasteiger partial charge in [-0.25, -0.2) is 0 Å². The molecule has 0 spiro atoms. The minimum Gasteiger partial charge on any atom is -0.336 e. The second kappa shape index (κ2) is 7.48. The summed E-state index contributed by atoms with van der Waals surface area (Å²) in [6.45, 7) is 4.13. The molecule has 132 valence electrons. The van der Waals surface area contributed by atoms with Crippen molar-refractivity contribution in [3.05, 3.63) is 82.9 Å². The Morgan fingerprint density at radius 2 is 1.62 bits per heavy atom. The lowest BCUT2D eigenvalue weighted by atomic mass is 10.0. The largest absolute Gasteiger partial charge is 0.336 e.